The predicted octanol–water partition coefficient (Wildman–Crippen LogP) is 5.26. The van der Waals surface area contributed by atoms with E-state index in [2.05, 4.69) is 22.6 Å². The van der Waals surface area contributed by atoms with Crippen molar-refractivity contribution in [1.29, 1.82) is 0 Å². The summed E-state index contributed by atoms with van der Waals surface area (Å²) in [5.74, 6) is 0.284. The Kier molecular flexibility index (Phi) is 8.18. The summed E-state index contributed by atoms with van der Waals surface area (Å²) in [5.41, 5.74) is 3.66. The molecule has 32 heavy (non-hydrogen) atoms. The van der Waals surface area contributed by atoms with Crippen molar-refractivity contribution in [3.8, 4) is 11.5 Å². The van der Waals surface area contributed by atoms with Gasteiger partial charge in [-0.15, -0.1) is 0 Å². The molecule has 2 aromatic carbocycles. The number of thioether (sulfide) groups is 1. The molecular formula is C23H22INO5S2. The molecule has 0 radical (unpaired) electrons. The van der Waals surface area contributed by atoms with Crippen LogP contribution in [0.4, 0.5) is 5.69 Å². The Morgan fingerprint density at radius 3 is 2.66 bits per heavy atom. The number of rotatable bonds is 7. The molecular weight excluding hydrogens is 561 g/mol. The molecule has 1 aliphatic rings. The van der Waals surface area contributed by atoms with Crippen molar-refractivity contribution in [3.05, 3.63) is 55.5 Å². The summed E-state index contributed by atoms with van der Waals surface area (Å²) in [6, 6.07) is 9.52. The Hall–Kier alpha value is -2.11. The van der Waals surface area contributed by atoms with E-state index in [1.807, 2.05) is 38.1 Å². The lowest BCUT2D eigenvalue weighted by Gasteiger charge is -2.17. The normalized spacial score (nSPS) is 14.8. The third kappa shape index (κ3) is 5.44. The number of hydrogen-bond donors (Lipinski definition) is 0. The number of amides is 1. The molecule has 2 aromatic rings. The molecule has 1 amide bonds. The van der Waals surface area contributed by atoms with Crippen LogP contribution in [0, 0.1) is 17.4 Å². The second-order valence-electron chi connectivity index (χ2n) is 6.93. The van der Waals surface area contributed by atoms with Crippen LogP contribution in [0.3, 0.4) is 0 Å². The van der Waals surface area contributed by atoms with Crippen molar-refractivity contribution in [2.24, 2.45) is 0 Å². The highest BCUT2D eigenvalue weighted by atomic mass is 127. The summed E-state index contributed by atoms with van der Waals surface area (Å²) in [6.07, 6.45) is 1.78. The molecule has 0 aromatic heterocycles. The van der Waals surface area contributed by atoms with E-state index in [9.17, 15) is 9.59 Å². The van der Waals surface area contributed by atoms with Crippen LogP contribution >= 0.6 is 46.6 Å². The molecule has 168 valence electrons. The summed E-state index contributed by atoms with van der Waals surface area (Å²) in [7, 11) is 1.52. The maximum Gasteiger partial charge on any atom is 0.344 e. The van der Waals surface area contributed by atoms with Gasteiger partial charge in [0.15, 0.2) is 22.4 Å². The van der Waals surface area contributed by atoms with Crippen LogP contribution in [0.2, 0.25) is 0 Å². The standard InChI is InChI=1S/C23H22INO5S2/c1-5-29-20(26)12-30-21-16(24)9-15(10-18(21)28-4)11-19-22(27)25(23(31)32-19)17-7-6-13(2)8-14(17)3/h6-11H,5,12H2,1-4H3/b19-11-. The fourth-order valence-electron chi connectivity index (χ4n) is 3.18. The number of halogens is 1. The number of ether oxygens (including phenoxy) is 3. The topological polar surface area (TPSA) is 65.1 Å². The number of anilines is 1. The molecule has 0 spiro atoms. The molecule has 3 rings (SSSR count). The largest absolute Gasteiger partial charge is 0.493 e. The smallest absolute Gasteiger partial charge is 0.344 e. The molecule has 0 N–H and O–H groups in total. The molecule has 1 fully saturated rings. The van der Waals surface area contributed by atoms with Crippen molar-refractivity contribution in [3.63, 3.8) is 0 Å². The third-order valence-corrected chi connectivity index (χ3v) is 6.68. The van der Waals surface area contributed by atoms with Gasteiger partial charge in [-0.25, -0.2) is 4.79 Å². The highest BCUT2D eigenvalue weighted by Crippen LogP contribution is 2.39. The number of benzene rings is 2. The first-order valence-electron chi connectivity index (χ1n) is 9.76. The first kappa shape index (κ1) is 24.5. The monoisotopic (exact) mass is 583 g/mol. The van der Waals surface area contributed by atoms with Crippen molar-refractivity contribution in [2.45, 2.75) is 20.8 Å². The van der Waals surface area contributed by atoms with Gasteiger partial charge in [0, 0.05) is 0 Å². The number of nitrogens with zero attached hydrogens (tertiary/aromatic N) is 1. The Morgan fingerprint density at radius 1 is 1.25 bits per heavy atom. The molecule has 1 aliphatic heterocycles. The van der Waals surface area contributed by atoms with Crippen LogP contribution in [0.5, 0.6) is 11.5 Å². The van der Waals surface area contributed by atoms with E-state index in [0.717, 1.165) is 25.9 Å². The molecule has 0 aliphatic carbocycles. The number of aryl methyl sites for hydroxylation is 2. The lowest BCUT2D eigenvalue weighted by Crippen LogP contribution is -2.28. The average molecular weight is 583 g/mol. The summed E-state index contributed by atoms with van der Waals surface area (Å²) < 4.78 is 17.2. The Morgan fingerprint density at radius 2 is 2.00 bits per heavy atom. The van der Waals surface area contributed by atoms with Gasteiger partial charge < -0.3 is 14.2 Å². The van der Waals surface area contributed by atoms with Gasteiger partial charge in [-0.05, 0) is 78.8 Å². The van der Waals surface area contributed by atoms with E-state index in [-0.39, 0.29) is 19.1 Å². The lowest BCUT2D eigenvalue weighted by molar-refractivity contribution is -0.145. The van der Waals surface area contributed by atoms with Crippen molar-refractivity contribution in [2.75, 3.05) is 25.2 Å². The SMILES string of the molecule is CCOC(=O)COc1c(I)cc(/C=C2\SC(=S)N(c3ccc(C)cc3C)C2=O)cc1OC. The van der Waals surface area contributed by atoms with Gasteiger partial charge in [0.05, 0.1) is 27.9 Å². The van der Waals surface area contributed by atoms with Gasteiger partial charge in [-0.3, -0.25) is 9.69 Å². The minimum atomic E-state index is -0.454. The van der Waals surface area contributed by atoms with Crippen molar-refractivity contribution < 1.29 is 23.8 Å². The quantitative estimate of drug-likeness (QED) is 0.191. The van der Waals surface area contributed by atoms with Crippen LogP contribution in [0.1, 0.15) is 23.6 Å². The number of thiocarbonyl (C=S) groups is 1. The molecule has 6 nitrogen and oxygen atoms in total. The fourth-order valence-corrected chi connectivity index (χ4v) is 5.25. The summed E-state index contributed by atoms with van der Waals surface area (Å²) in [4.78, 5) is 26.9. The third-order valence-electron chi connectivity index (χ3n) is 4.58. The van der Waals surface area contributed by atoms with Gasteiger partial charge in [-0.1, -0.05) is 41.7 Å². The highest BCUT2D eigenvalue weighted by molar-refractivity contribution is 14.1. The molecule has 9 heteroatoms. The highest BCUT2D eigenvalue weighted by Gasteiger charge is 2.34. The second-order valence-corrected chi connectivity index (χ2v) is 9.77. The number of carbonyl (C=O) groups is 2. The summed E-state index contributed by atoms with van der Waals surface area (Å²) >= 11 is 8.86. The maximum atomic E-state index is 13.1. The van der Waals surface area contributed by atoms with E-state index in [1.54, 1.807) is 24.0 Å². The molecule has 0 bridgehead atoms. The number of methoxy groups -OCH3 is 1. The van der Waals surface area contributed by atoms with Gasteiger partial charge in [0.1, 0.15) is 0 Å². The molecule has 0 atom stereocenters. The first-order valence-corrected chi connectivity index (χ1v) is 12.1. The first-order chi connectivity index (χ1) is 15.2. The Bertz CT molecular complexity index is 1120. The Balaban J connectivity index is 1.88. The van der Waals surface area contributed by atoms with Crippen LogP contribution in [0.25, 0.3) is 6.08 Å². The van der Waals surface area contributed by atoms with Crippen LogP contribution < -0.4 is 14.4 Å². The number of hydrogen-bond acceptors (Lipinski definition) is 7. The van der Waals surface area contributed by atoms with Crippen LogP contribution in [-0.2, 0) is 14.3 Å². The van der Waals surface area contributed by atoms with Gasteiger partial charge in [-0.2, -0.15) is 0 Å². The molecule has 1 saturated heterocycles. The van der Waals surface area contributed by atoms with Crippen molar-refractivity contribution in [1.82, 2.24) is 0 Å². The number of carbonyl (C=O) groups excluding carboxylic acids is 2. The predicted molar refractivity (Wildman–Crippen MR) is 139 cm³/mol. The summed E-state index contributed by atoms with van der Waals surface area (Å²) in [5, 5.41) is 0. The zero-order valence-corrected chi connectivity index (χ0v) is 21.9. The minimum Gasteiger partial charge on any atom is -0.493 e. The van der Waals surface area contributed by atoms with Crippen LogP contribution in [-0.4, -0.2) is 36.5 Å². The van der Waals surface area contributed by atoms with Gasteiger partial charge in [0.2, 0.25) is 0 Å². The van der Waals surface area contributed by atoms with Gasteiger partial charge >= 0.3 is 5.97 Å². The Labute approximate surface area is 210 Å². The fraction of sp³-hybridized carbons (Fsp3) is 0.261. The van der Waals surface area contributed by atoms with Crippen LogP contribution in [0.15, 0.2) is 35.2 Å². The minimum absolute atomic E-state index is 0.163. The van der Waals surface area contributed by atoms with E-state index in [4.69, 9.17) is 26.4 Å². The van der Waals surface area contributed by atoms with E-state index >= 15 is 0 Å². The molecule has 0 saturated carbocycles. The van der Waals surface area contributed by atoms with E-state index < -0.39 is 5.97 Å². The molecule has 0 unspecified atom stereocenters. The van der Waals surface area contributed by atoms with Gasteiger partial charge in [0.25, 0.3) is 5.91 Å². The lowest BCUT2D eigenvalue weighted by atomic mass is 10.1. The average Bonchev–Trinajstić information content (AvgIpc) is 3.00. The maximum absolute atomic E-state index is 13.1. The summed E-state index contributed by atoms with van der Waals surface area (Å²) in [6.45, 7) is 5.78. The molecule has 1 heterocycles. The van der Waals surface area contributed by atoms with E-state index in [1.165, 1.54) is 18.9 Å². The van der Waals surface area contributed by atoms with E-state index in [0.29, 0.717) is 20.7 Å². The second kappa shape index (κ2) is 10.7. The van der Waals surface area contributed by atoms with Crippen molar-refractivity contribution >= 4 is 74.5 Å². The zero-order chi connectivity index (χ0) is 23.4. The number of esters is 1. The zero-order valence-electron chi connectivity index (χ0n) is 18.1.